The van der Waals surface area contributed by atoms with E-state index in [4.69, 9.17) is 32.3 Å². The number of phosphoric acid groups is 2. The fraction of sp³-hybridized carbons (Fsp3) is 0.742. The Bertz CT molecular complexity index is 2430. The van der Waals surface area contributed by atoms with E-state index in [0.29, 0.717) is 19.3 Å². The lowest BCUT2D eigenvalue weighted by atomic mass is 10.0. The van der Waals surface area contributed by atoms with Crippen molar-refractivity contribution in [1.82, 2.24) is 0 Å². The smallest absolute Gasteiger partial charge is 0.463 e. The summed E-state index contributed by atoms with van der Waals surface area (Å²) in [5, 5.41) is 20.7. The molecule has 0 saturated carbocycles. The summed E-state index contributed by atoms with van der Waals surface area (Å²) < 4.78 is 61.2. The molecule has 0 bridgehead atoms. The molecule has 0 spiro atoms. The van der Waals surface area contributed by atoms with E-state index in [1.54, 1.807) is 0 Å². The van der Waals surface area contributed by atoms with Crippen LogP contribution in [-0.2, 0) is 55.8 Å². The topological polar surface area (TPSA) is 231 Å². The van der Waals surface area contributed by atoms with E-state index in [-0.39, 0.29) is 19.3 Å². The zero-order valence-electron chi connectivity index (χ0n) is 67.8. The Kier molecular flexibility index (Phi) is 78.4. The average molecular weight is 1540 g/mol. The highest BCUT2D eigenvalue weighted by molar-refractivity contribution is 7.47. The highest BCUT2D eigenvalue weighted by Gasteiger charge is 2.29. The maximum absolute atomic E-state index is 12.9. The fourth-order valence-corrected chi connectivity index (χ4v) is 13.2. The van der Waals surface area contributed by atoms with Crippen molar-refractivity contribution in [2.24, 2.45) is 0 Å². The predicted octanol–water partition coefficient (Wildman–Crippen LogP) is 25.7. The molecule has 0 amide bonds. The number of carbonyl (C=O) groups is 3. The molecule has 5 atom stereocenters. The van der Waals surface area contributed by atoms with Gasteiger partial charge in [0, 0.05) is 19.3 Å². The molecule has 618 valence electrons. The molecule has 0 aliphatic heterocycles. The first-order chi connectivity index (χ1) is 52.2. The fourth-order valence-electron chi connectivity index (χ4n) is 11.6. The second-order valence-electron chi connectivity index (χ2n) is 28.6. The molecule has 0 aromatic carbocycles. The summed E-state index contributed by atoms with van der Waals surface area (Å²) in [6.45, 7) is 2.52. The molecule has 18 heteroatoms. The third-order valence-corrected chi connectivity index (χ3v) is 20.0. The van der Waals surface area contributed by atoms with E-state index in [9.17, 15) is 43.5 Å². The number of ether oxygens (including phenoxy) is 3. The molecule has 0 rings (SSSR count). The van der Waals surface area contributed by atoms with Crippen LogP contribution in [0.1, 0.15) is 367 Å². The van der Waals surface area contributed by atoms with Crippen LogP contribution in [0.25, 0.3) is 0 Å². The van der Waals surface area contributed by atoms with Gasteiger partial charge in [0.05, 0.1) is 26.4 Å². The first kappa shape index (κ1) is 103. The molecule has 0 heterocycles. The molecule has 0 aliphatic carbocycles. The monoisotopic (exact) mass is 1540 g/mol. The Morgan fingerprint density at radius 3 is 0.822 bits per heavy atom. The van der Waals surface area contributed by atoms with Gasteiger partial charge in [-0.2, -0.15) is 0 Å². The number of rotatable bonds is 81. The summed E-state index contributed by atoms with van der Waals surface area (Å²) in [7, 11) is -9.79. The Balaban J connectivity index is 4.36. The zero-order valence-corrected chi connectivity index (χ0v) is 69.6. The molecule has 0 aromatic heterocycles. The van der Waals surface area contributed by atoms with Crippen molar-refractivity contribution in [2.75, 3.05) is 39.6 Å². The van der Waals surface area contributed by atoms with E-state index in [0.717, 1.165) is 141 Å². The van der Waals surface area contributed by atoms with E-state index in [1.165, 1.54) is 167 Å². The van der Waals surface area contributed by atoms with Gasteiger partial charge in [-0.3, -0.25) is 32.5 Å². The highest BCUT2D eigenvalue weighted by atomic mass is 31.2. The number of esters is 3. The molecule has 0 saturated heterocycles. The summed E-state index contributed by atoms with van der Waals surface area (Å²) in [5.74, 6) is -1.58. The first-order valence-corrected chi connectivity index (χ1v) is 45.8. The second kappa shape index (κ2) is 81.4. The van der Waals surface area contributed by atoms with Gasteiger partial charge in [-0.1, -0.05) is 341 Å². The molecular weight excluding hydrogens is 1390 g/mol. The lowest BCUT2D eigenvalue weighted by Crippen LogP contribution is -2.30. The minimum absolute atomic E-state index is 0.0931. The first-order valence-electron chi connectivity index (χ1n) is 42.8. The third-order valence-electron chi connectivity index (χ3n) is 18.1. The Labute approximate surface area is 653 Å². The van der Waals surface area contributed by atoms with Crippen LogP contribution in [0.4, 0.5) is 0 Å². The van der Waals surface area contributed by atoms with E-state index < -0.39 is 91.5 Å². The van der Waals surface area contributed by atoms with Crippen molar-refractivity contribution in [3.8, 4) is 0 Å². The molecule has 0 fully saturated rings. The Morgan fingerprint density at radius 1 is 0.271 bits per heavy atom. The van der Waals surface area contributed by atoms with Gasteiger partial charge in [0.15, 0.2) is 6.10 Å². The van der Waals surface area contributed by atoms with E-state index in [1.807, 2.05) is 0 Å². The van der Waals surface area contributed by atoms with Crippen molar-refractivity contribution in [1.29, 1.82) is 0 Å². The van der Waals surface area contributed by atoms with Gasteiger partial charge in [-0.05, 0) is 128 Å². The van der Waals surface area contributed by atoms with Gasteiger partial charge in [0.2, 0.25) is 0 Å². The van der Waals surface area contributed by atoms with Gasteiger partial charge in [0.1, 0.15) is 25.4 Å². The van der Waals surface area contributed by atoms with Crippen LogP contribution in [0, 0.1) is 0 Å². The predicted molar refractivity (Wildman–Crippen MR) is 445 cm³/mol. The number of phosphoric ester groups is 2. The highest BCUT2D eigenvalue weighted by Crippen LogP contribution is 2.45. The van der Waals surface area contributed by atoms with Gasteiger partial charge in [-0.25, -0.2) is 9.13 Å². The molecule has 0 aliphatic rings. The van der Waals surface area contributed by atoms with E-state index in [2.05, 4.69) is 142 Å². The molecule has 0 radical (unpaired) electrons. The quantitative estimate of drug-likeness (QED) is 0.0146. The normalized spacial score (nSPS) is 14.5. The van der Waals surface area contributed by atoms with Crippen molar-refractivity contribution in [3.05, 3.63) is 122 Å². The average Bonchev–Trinajstić information content (AvgIpc) is 0.905. The minimum Gasteiger partial charge on any atom is -0.463 e. The van der Waals surface area contributed by atoms with Crippen molar-refractivity contribution < 1.29 is 75.8 Å². The van der Waals surface area contributed by atoms with E-state index >= 15 is 0 Å². The van der Waals surface area contributed by atoms with Gasteiger partial charge in [0.25, 0.3) is 0 Å². The molecule has 5 unspecified atom stereocenters. The number of aliphatic hydroxyl groups is 2. The Hall–Kier alpha value is -4.05. The number of hydrogen-bond acceptors (Lipinski definition) is 14. The number of unbranched alkanes of at least 4 members (excludes halogenated alkanes) is 38. The lowest BCUT2D eigenvalue weighted by molar-refractivity contribution is -0.161. The largest absolute Gasteiger partial charge is 0.472 e. The number of allylic oxidation sites excluding steroid dienone is 20. The van der Waals surface area contributed by atoms with Crippen molar-refractivity contribution >= 4 is 33.6 Å². The zero-order chi connectivity index (χ0) is 78.0. The molecule has 4 N–H and O–H groups in total. The summed E-state index contributed by atoms with van der Waals surface area (Å²) in [6.07, 6.45) is 98.5. The molecule has 107 heavy (non-hydrogen) atoms. The van der Waals surface area contributed by atoms with Gasteiger partial charge in [-0.15, -0.1) is 0 Å². The van der Waals surface area contributed by atoms with Crippen LogP contribution in [0.5, 0.6) is 0 Å². The summed E-state index contributed by atoms with van der Waals surface area (Å²) in [6, 6.07) is 0. The molecule has 0 aromatic rings. The van der Waals surface area contributed by atoms with Crippen LogP contribution in [0.3, 0.4) is 0 Å². The number of aliphatic hydroxyl groups excluding tert-OH is 2. The lowest BCUT2D eigenvalue weighted by Gasteiger charge is -2.21. The van der Waals surface area contributed by atoms with Crippen molar-refractivity contribution in [3.63, 3.8) is 0 Å². The maximum atomic E-state index is 12.9. The van der Waals surface area contributed by atoms with Crippen LogP contribution >= 0.6 is 15.6 Å². The number of hydrogen-bond donors (Lipinski definition) is 4. The van der Waals surface area contributed by atoms with Gasteiger partial charge >= 0.3 is 33.6 Å². The maximum Gasteiger partial charge on any atom is 0.472 e. The summed E-state index contributed by atoms with van der Waals surface area (Å²) in [5.41, 5.74) is 0. The van der Waals surface area contributed by atoms with Crippen LogP contribution < -0.4 is 0 Å². The third kappa shape index (κ3) is 82.7. The standard InChI is InChI=1S/C89H156O16P2/c1-4-7-10-13-16-19-22-24-26-28-30-32-34-36-38-39-40-41-42-43-45-47-48-50-52-54-56-58-61-63-66-69-72-75-87(92)99-78-84(90)79-101-106(95,96)102-80-85(91)81-103-107(97,98)104-83-86(105-89(94)77-74-71-68-65-60-21-18-15-12-9-6-3)82-100-88(93)76-73-70-67-64-62-59-57-55-53-51-49-46-44-37-35-33-31-29-27-25-23-20-17-14-11-8-5-2/h8,11,15-20,24-27,30-33,36-38,44,84-86,90-91H,4-7,9-10,12-14,21-23,28-29,34-35,39-43,45-83H2,1-3H3,(H,95,96)(H,97,98)/b11-8-,18-15-,19-16-,20-17-,26-24-,27-25-,32-30-,33-31-,38-36-,44-37-. The Morgan fingerprint density at radius 2 is 0.505 bits per heavy atom. The minimum atomic E-state index is -4.93. The van der Waals surface area contributed by atoms with Crippen LogP contribution in [0.2, 0.25) is 0 Å². The van der Waals surface area contributed by atoms with Gasteiger partial charge < -0.3 is 34.2 Å². The second-order valence-corrected chi connectivity index (χ2v) is 31.5. The van der Waals surface area contributed by atoms with Crippen LogP contribution in [0.15, 0.2) is 122 Å². The number of carbonyl (C=O) groups excluding carboxylic acids is 3. The molecular formula is C89H156O16P2. The summed E-state index contributed by atoms with van der Waals surface area (Å²) >= 11 is 0. The molecule has 16 nitrogen and oxygen atoms in total. The van der Waals surface area contributed by atoms with Crippen LogP contribution in [-0.4, -0.2) is 95.9 Å². The summed E-state index contributed by atoms with van der Waals surface area (Å²) in [4.78, 5) is 58.7. The SMILES string of the molecule is CC/C=C\C/C=C\C/C=C\C/C=C\C/C=C\CCCCCCCCCCCCCC(=O)OCC(COP(=O)(O)OCC(O)COP(=O)(O)OCC(O)COC(=O)CCCCCCCCCCCCCCCCCCC/C=C\C/C=C\C/C=C\C/C=C\CCCCC)OC(=O)CCCCCCC/C=C\CCCC. The van der Waals surface area contributed by atoms with Crippen molar-refractivity contribution in [2.45, 2.75) is 386 Å².